The van der Waals surface area contributed by atoms with Crippen LogP contribution in [0.3, 0.4) is 0 Å². The number of carbonyl (C=O) groups is 1. The van der Waals surface area contributed by atoms with Crippen molar-refractivity contribution < 1.29 is 18.7 Å². The molecule has 1 heterocycles. The van der Waals surface area contributed by atoms with Crippen molar-refractivity contribution >= 4 is 17.4 Å². The van der Waals surface area contributed by atoms with Crippen LogP contribution < -0.4 is 9.47 Å². The van der Waals surface area contributed by atoms with Crippen LogP contribution in [0.15, 0.2) is 60.8 Å². The molecule has 4 nitrogen and oxygen atoms in total. The molecule has 2 unspecified atom stereocenters. The highest BCUT2D eigenvalue weighted by Gasteiger charge is 2.41. The Morgan fingerprint density at radius 1 is 1.14 bits per heavy atom. The maximum Gasteiger partial charge on any atom is 0.146 e. The van der Waals surface area contributed by atoms with E-state index < -0.39 is 0 Å². The number of rotatable bonds is 7. The van der Waals surface area contributed by atoms with E-state index in [-0.39, 0.29) is 17.5 Å². The molecule has 1 aromatic heterocycles. The molecular formula is C23H19ClFNO3. The molecule has 4 rings (SSSR count). The molecule has 148 valence electrons. The first-order valence-corrected chi connectivity index (χ1v) is 9.70. The van der Waals surface area contributed by atoms with Gasteiger partial charge in [-0.2, -0.15) is 0 Å². The van der Waals surface area contributed by atoms with Gasteiger partial charge in [-0.3, -0.25) is 4.79 Å². The standard InChI is InChI=1S/C23H19ClFNO3/c1-14(27)21-9-16(21)13-28-18-7-5-15(6-8-18)22-11-20(12-26-23(22)24)29-19-4-2-3-17(25)10-19/h2-8,10-12,16,21H,9,13H2,1H3. The molecule has 2 aromatic carbocycles. The maximum atomic E-state index is 13.3. The largest absolute Gasteiger partial charge is 0.493 e. The number of Topliss-reactive ketones (excluding diaryl/α,β-unsaturated/α-hetero) is 1. The topological polar surface area (TPSA) is 48.4 Å². The summed E-state index contributed by atoms with van der Waals surface area (Å²) in [5.74, 6) is 1.91. The number of hydrogen-bond donors (Lipinski definition) is 0. The number of hydrogen-bond acceptors (Lipinski definition) is 4. The van der Waals surface area contributed by atoms with E-state index in [1.165, 1.54) is 18.3 Å². The first-order chi connectivity index (χ1) is 14.0. The van der Waals surface area contributed by atoms with Crippen LogP contribution in [-0.2, 0) is 4.79 Å². The third kappa shape index (κ3) is 4.74. The van der Waals surface area contributed by atoms with Crippen LogP contribution in [0.5, 0.6) is 17.2 Å². The molecule has 0 aliphatic heterocycles. The van der Waals surface area contributed by atoms with Gasteiger partial charge in [-0.05, 0) is 49.2 Å². The van der Waals surface area contributed by atoms with Crippen LogP contribution in [0.25, 0.3) is 11.1 Å². The van der Waals surface area contributed by atoms with Crippen molar-refractivity contribution in [2.24, 2.45) is 11.8 Å². The molecule has 2 atom stereocenters. The molecule has 1 fully saturated rings. The van der Waals surface area contributed by atoms with Gasteiger partial charge in [0.2, 0.25) is 0 Å². The summed E-state index contributed by atoms with van der Waals surface area (Å²) in [6, 6.07) is 15.2. The highest BCUT2D eigenvalue weighted by atomic mass is 35.5. The Morgan fingerprint density at radius 3 is 2.62 bits per heavy atom. The summed E-state index contributed by atoms with van der Waals surface area (Å²) in [4.78, 5) is 15.5. The van der Waals surface area contributed by atoms with Gasteiger partial charge in [0.1, 0.15) is 34.0 Å². The third-order valence-corrected chi connectivity index (χ3v) is 5.22. The number of carbonyl (C=O) groups excluding carboxylic acids is 1. The van der Waals surface area contributed by atoms with Crippen molar-refractivity contribution in [1.29, 1.82) is 0 Å². The summed E-state index contributed by atoms with van der Waals surface area (Å²) in [5.41, 5.74) is 1.55. The van der Waals surface area contributed by atoms with Crippen molar-refractivity contribution in [3.05, 3.63) is 71.8 Å². The molecule has 29 heavy (non-hydrogen) atoms. The Kier molecular flexibility index (Phi) is 5.49. The minimum Gasteiger partial charge on any atom is -0.493 e. The number of nitrogens with zero attached hydrogens (tertiary/aromatic N) is 1. The SMILES string of the molecule is CC(=O)C1CC1COc1ccc(-c2cc(Oc3cccc(F)c3)cnc2Cl)cc1. The smallest absolute Gasteiger partial charge is 0.146 e. The van der Waals surface area contributed by atoms with E-state index in [9.17, 15) is 9.18 Å². The molecule has 6 heteroatoms. The Balaban J connectivity index is 1.45. The minimum atomic E-state index is -0.374. The first kappa shape index (κ1) is 19.4. The second-order valence-electron chi connectivity index (χ2n) is 7.12. The number of benzene rings is 2. The molecule has 0 spiro atoms. The zero-order valence-corrected chi connectivity index (χ0v) is 16.5. The zero-order chi connectivity index (χ0) is 20.4. The fourth-order valence-corrected chi connectivity index (χ4v) is 3.43. The second-order valence-corrected chi connectivity index (χ2v) is 7.48. The van der Waals surface area contributed by atoms with Crippen LogP contribution in [-0.4, -0.2) is 17.4 Å². The molecule has 1 saturated carbocycles. The lowest BCUT2D eigenvalue weighted by atomic mass is 10.1. The third-order valence-electron chi connectivity index (χ3n) is 4.92. The average molecular weight is 412 g/mol. The van der Waals surface area contributed by atoms with Gasteiger partial charge in [-0.1, -0.05) is 29.8 Å². The van der Waals surface area contributed by atoms with Gasteiger partial charge >= 0.3 is 0 Å². The molecule has 0 amide bonds. The predicted octanol–water partition coefficient (Wildman–Crippen LogP) is 5.94. The molecule has 1 aliphatic rings. The van der Waals surface area contributed by atoms with E-state index in [0.717, 1.165) is 17.7 Å². The van der Waals surface area contributed by atoms with Gasteiger partial charge in [0.25, 0.3) is 0 Å². The van der Waals surface area contributed by atoms with E-state index in [2.05, 4.69) is 4.98 Å². The summed E-state index contributed by atoms with van der Waals surface area (Å²) in [5, 5.41) is 0.340. The normalized spacial score (nSPS) is 17.6. The molecule has 1 aliphatic carbocycles. The van der Waals surface area contributed by atoms with E-state index in [4.69, 9.17) is 21.1 Å². The van der Waals surface area contributed by atoms with Crippen molar-refractivity contribution in [1.82, 2.24) is 4.98 Å². The fraction of sp³-hybridized carbons (Fsp3) is 0.217. The number of ether oxygens (including phenoxy) is 2. The summed E-state index contributed by atoms with van der Waals surface area (Å²) >= 11 is 6.27. The predicted molar refractivity (Wildman–Crippen MR) is 109 cm³/mol. The number of ketones is 1. The van der Waals surface area contributed by atoms with Crippen LogP contribution in [0.2, 0.25) is 5.15 Å². The van der Waals surface area contributed by atoms with Crippen LogP contribution >= 0.6 is 11.6 Å². The lowest BCUT2D eigenvalue weighted by molar-refractivity contribution is -0.118. The lowest BCUT2D eigenvalue weighted by Crippen LogP contribution is -2.04. The summed E-state index contributed by atoms with van der Waals surface area (Å²) in [6.45, 7) is 2.17. The number of aromatic nitrogens is 1. The summed E-state index contributed by atoms with van der Waals surface area (Å²) in [7, 11) is 0. The number of halogens is 2. The van der Waals surface area contributed by atoms with E-state index in [1.54, 1.807) is 25.1 Å². The maximum absolute atomic E-state index is 13.3. The monoisotopic (exact) mass is 411 g/mol. The van der Waals surface area contributed by atoms with Crippen LogP contribution in [0, 0.1) is 17.7 Å². The average Bonchev–Trinajstić information content (AvgIpc) is 3.49. The van der Waals surface area contributed by atoms with Crippen molar-refractivity contribution in [3.63, 3.8) is 0 Å². The van der Waals surface area contributed by atoms with Gasteiger partial charge in [0.15, 0.2) is 0 Å². The van der Waals surface area contributed by atoms with Crippen molar-refractivity contribution in [3.8, 4) is 28.4 Å². The van der Waals surface area contributed by atoms with Gasteiger partial charge in [-0.25, -0.2) is 9.37 Å². The molecular weight excluding hydrogens is 393 g/mol. The molecule has 0 bridgehead atoms. The van der Waals surface area contributed by atoms with Crippen LogP contribution in [0.1, 0.15) is 13.3 Å². The van der Waals surface area contributed by atoms with E-state index in [0.29, 0.717) is 34.7 Å². The van der Waals surface area contributed by atoms with Gasteiger partial charge in [0, 0.05) is 23.5 Å². The Labute approximate surface area is 173 Å². The second kappa shape index (κ2) is 8.21. The zero-order valence-electron chi connectivity index (χ0n) is 15.8. The Morgan fingerprint density at radius 2 is 1.93 bits per heavy atom. The van der Waals surface area contributed by atoms with Gasteiger partial charge < -0.3 is 9.47 Å². The van der Waals surface area contributed by atoms with E-state index >= 15 is 0 Å². The fourth-order valence-electron chi connectivity index (χ4n) is 3.22. The Hall–Kier alpha value is -2.92. The van der Waals surface area contributed by atoms with Gasteiger partial charge in [0.05, 0.1) is 12.8 Å². The lowest BCUT2D eigenvalue weighted by Gasteiger charge is -2.10. The number of pyridine rings is 1. The van der Waals surface area contributed by atoms with Crippen molar-refractivity contribution in [2.45, 2.75) is 13.3 Å². The van der Waals surface area contributed by atoms with Crippen LogP contribution in [0.4, 0.5) is 4.39 Å². The molecule has 0 radical (unpaired) electrons. The molecule has 0 N–H and O–H groups in total. The van der Waals surface area contributed by atoms with Crippen molar-refractivity contribution in [2.75, 3.05) is 6.61 Å². The minimum absolute atomic E-state index is 0.153. The van der Waals surface area contributed by atoms with Gasteiger partial charge in [-0.15, -0.1) is 0 Å². The van der Waals surface area contributed by atoms with E-state index in [1.807, 2.05) is 24.3 Å². The summed E-state index contributed by atoms with van der Waals surface area (Å²) < 4.78 is 24.8. The molecule has 0 saturated heterocycles. The highest BCUT2D eigenvalue weighted by molar-refractivity contribution is 6.32. The molecule has 3 aromatic rings. The highest BCUT2D eigenvalue weighted by Crippen LogP contribution is 2.39. The first-order valence-electron chi connectivity index (χ1n) is 9.32. The Bertz CT molecular complexity index is 1040. The quantitative estimate of drug-likeness (QED) is 0.451. The summed E-state index contributed by atoms with van der Waals surface area (Å²) in [6.07, 6.45) is 2.40.